The van der Waals surface area contributed by atoms with Gasteiger partial charge < -0.3 is 4.74 Å². The highest BCUT2D eigenvalue weighted by molar-refractivity contribution is 5.84. The molecule has 0 heterocycles. The van der Waals surface area contributed by atoms with Crippen molar-refractivity contribution in [3.8, 4) is 5.75 Å². The highest BCUT2D eigenvalue weighted by atomic mass is 19.2. The molecule has 200 valence electrons. The fourth-order valence-corrected chi connectivity index (χ4v) is 4.48. The normalized spacial score (nSPS) is 11.3. The number of unbranched alkanes of at least 4 members (excludes halogenated alkanes) is 2. The maximum atomic E-state index is 15.1. The second-order valence-electron chi connectivity index (χ2n) is 9.39. The summed E-state index contributed by atoms with van der Waals surface area (Å²) < 4.78 is 89.8. The van der Waals surface area contributed by atoms with Gasteiger partial charge in [-0.25, -0.2) is 26.3 Å². The Kier molecular flexibility index (Phi) is 8.97. The molecule has 0 aliphatic heterocycles. The lowest BCUT2D eigenvalue weighted by molar-refractivity contribution is 0.302. The molecule has 0 amide bonds. The molecule has 0 unspecified atom stereocenters. The molecule has 0 N–H and O–H groups in total. The largest absolute Gasteiger partial charge is 0.493 e. The first kappa shape index (κ1) is 27.6. The Labute approximate surface area is 218 Å². The van der Waals surface area contributed by atoms with Gasteiger partial charge in [0.05, 0.1) is 6.61 Å². The predicted octanol–water partition coefficient (Wildman–Crippen LogP) is 8.81. The second-order valence-corrected chi connectivity index (χ2v) is 9.39. The maximum Gasteiger partial charge on any atom is 0.194 e. The smallest absolute Gasteiger partial charge is 0.194 e. The van der Waals surface area contributed by atoms with Crippen molar-refractivity contribution in [2.75, 3.05) is 6.61 Å². The van der Waals surface area contributed by atoms with E-state index in [0.717, 1.165) is 37.0 Å². The van der Waals surface area contributed by atoms with E-state index in [-0.39, 0.29) is 36.1 Å². The van der Waals surface area contributed by atoms with Crippen molar-refractivity contribution in [1.82, 2.24) is 0 Å². The maximum absolute atomic E-state index is 15.1. The van der Waals surface area contributed by atoms with E-state index in [1.165, 1.54) is 12.1 Å². The average molecular weight is 531 g/mol. The van der Waals surface area contributed by atoms with Gasteiger partial charge in [-0.15, -0.1) is 0 Å². The van der Waals surface area contributed by atoms with Crippen LogP contribution in [0, 0.1) is 34.9 Å². The molecular weight excluding hydrogens is 502 g/mol. The summed E-state index contributed by atoms with van der Waals surface area (Å²) in [6.45, 7) is 2.47. The number of fused-ring (bicyclic) bond motifs is 1. The van der Waals surface area contributed by atoms with Gasteiger partial charge in [0.25, 0.3) is 0 Å². The first-order chi connectivity index (χ1) is 18.3. The molecule has 4 aromatic rings. The van der Waals surface area contributed by atoms with Gasteiger partial charge in [-0.3, -0.25) is 0 Å². The molecule has 0 atom stereocenters. The lowest BCUT2D eigenvalue weighted by atomic mass is 9.97. The minimum atomic E-state index is -1.53. The molecule has 0 aromatic heterocycles. The summed E-state index contributed by atoms with van der Waals surface area (Å²) in [4.78, 5) is 0. The van der Waals surface area contributed by atoms with Crippen LogP contribution >= 0.6 is 0 Å². The number of ether oxygens (including phenoxy) is 1. The Morgan fingerprint density at radius 3 is 1.97 bits per heavy atom. The summed E-state index contributed by atoms with van der Waals surface area (Å²) in [6.07, 6.45) is 3.61. The Balaban J connectivity index is 1.42. The monoisotopic (exact) mass is 530 g/mol. The quantitative estimate of drug-likeness (QED) is 0.107. The van der Waals surface area contributed by atoms with Gasteiger partial charge in [0.2, 0.25) is 0 Å². The molecule has 0 saturated heterocycles. The topological polar surface area (TPSA) is 9.23 Å². The van der Waals surface area contributed by atoms with E-state index >= 15 is 4.39 Å². The lowest BCUT2D eigenvalue weighted by Gasteiger charge is -2.11. The van der Waals surface area contributed by atoms with E-state index in [0.29, 0.717) is 29.4 Å². The molecule has 4 rings (SSSR count). The average Bonchev–Trinajstić information content (AvgIpc) is 2.89. The first-order valence-electron chi connectivity index (χ1n) is 12.7. The van der Waals surface area contributed by atoms with Crippen molar-refractivity contribution in [1.29, 1.82) is 0 Å². The third kappa shape index (κ3) is 6.50. The Morgan fingerprint density at radius 1 is 0.605 bits per heavy atom. The molecule has 0 spiro atoms. The van der Waals surface area contributed by atoms with E-state index in [1.807, 2.05) is 0 Å². The zero-order valence-electron chi connectivity index (χ0n) is 21.0. The van der Waals surface area contributed by atoms with Crippen molar-refractivity contribution in [3.63, 3.8) is 0 Å². The minimum Gasteiger partial charge on any atom is -0.493 e. The van der Waals surface area contributed by atoms with Gasteiger partial charge in [0.15, 0.2) is 17.5 Å². The SMILES string of the molecule is CCCCCOc1cc(F)c(CCc2ccc3c(F)c(CCc4cc(F)c(F)c(F)c4)ccc3c2)c(F)c1. The van der Waals surface area contributed by atoms with Crippen LogP contribution < -0.4 is 4.74 Å². The van der Waals surface area contributed by atoms with Gasteiger partial charge in [0, 0.05) is 23.1 Å². The first-order valence-corrected chi connectivity index (χ1v) is 12.7. The van der Waals surface area contributed by atoms with Crippen molar-refractivity contribution < 1.29 is 31.1 Å². The van der Waals surface area contributed by atoms with Gasteiger partial charge in [0.1, 0.15) is 23.2 Å². The molecule has 4 aromatic carbocycles. The third-order valence-electron chi connectivity index (χ3n) is 6.62. The third-order valence-corrected chi connectivity index (χ3v) is 6.62. The standard InChI is InChI=1S/C31H28F6O/c1-2-3-4-13-38-23-17-26(32)25(27(33)18-23)12-7-19-6-11-24-22(14-19)10-9-21(30(24)36)8-5-20-15-28(34)31(37)29(35)16-20/h6,9-11,14-18H,2-5,7-8,12-13H2,1H3. The highest BCUT2D eigenvalue weighted by Crippen LogP contribution is 2.26. The summed E-state index contributed by atoms with van der Waals surface area (Å²) in [5.74, 6) is -5.69. The van der Waals surface area contributed by atoms with Crippen LogP contribution in [0.15, 0.2) is 54.6 Å². The molecule has 38 heavy (non-hydrogen) atoms. The summed E-state index contributed by atoms with van der Waals surface area (Å²) in [5, 5.41) is 0.990. The summed E-state index contributed by atoms with van der Waals surface area (Å²) in [7, 11) is 0. The van der Waals surface area contributed by atoms with Crippen LogP contribution in [0.5, 0.6) is 5.75 Å². The lowest BCUT2D eigenvalue weighted by Crippen LogP contribution is -2.03. The van der Waals surface area contributed by atoms with E-state index in [1.54, 1.807) is 30.3 Å². The fraction of sp³-hybridized carbons (Fsp3) is 0.290. The van der Waals surface area contributed by atoms with Crippen molar-refractivity contribution in [2.45, 2.75) is 51.9 Å². The number of rotatable bonds is 11. The van der Waals surface area contributed by atoms with E-state index < -0.39 is 34.9 Å². The number of halogens is 6. The molecule has 0 radical (unpaired) electrons. The van der Waals surface area contributed by atoms with Gasteiger partial charge in [-0.1, -0.05) is 50.1 Å². The fourth-order valence-electron chi connectivity index (χ4n) is 4.48. The van der Waals surface area contributed by atoms with E-state index in [2.05, 4.69) is 6.92 Å². The predicted molar refractivity (Wildman–Crippen MR) is 136 cm³/mol. The van der Waals surface area contributed by atoms with Crippen molar-refractivity contribution in [2.24, 2.45) is 0 Å². The molecular formula is C31H28F6O. The van der Waals surface area contributed by atoms with Crippen LogP contribution in [0.4, 0.5) is 26.3 Å². The Morgan fingerprint density at radius 2 is 1.29 bits per heavy atom. The summed E-state index contributed by atoms with van der Waals surface area (Å²) in [5.41, 5.74) is 1.35. The molecule has 0 aliphatic rings. The van der Waals surface area contributed by atoms with Crippen LogP contribution in [0.25, 0.3) is 10.8 Å². The summed E-state index contributed by atoms with van der Waals surface area (Å²) in [6, 6.07) is 12.6. The van der Waals surface area contributed by atoms with E-state index in [9.17, 15) is 22.0 Å². The van der Waals surface area contributed by atoms with Crippen LogP contribution in [0.1, 0.15) is 48.4 Å². The Hall–Kier alpha value is -3.48. The number of hydrogen-bond acceptors (Lipinski definition) is 1. The van der Waals surface area contributed by atoms with Gasteiger partial charge >= 0.3 is 0 Å². The van der Waals surface area contributed by atoms with Crippen LogP contribution in [0.3, 0.4) is 0 Å². The zero-order valence-corrected chi connectivity index (χ0v) is 21.0. The highest BCUT2D eigenvalue weighted by Gasteiger charge is 2.15. The van der Waals surface area contributed by atoms with E-state index in [4.69, 9.17) is 4.74 Å². The number of benzene rings is 4. The molecule has 0 saturated carbocycles. The molecule has 0 bridgehead atoms. The minimum absolute atomic E-state index is 0.0267. The molecule has 1 nitrogen and oxygen atoms in total. The van der Waals surface area contributed by atoms with Gasteiger partial charge in [-0.05, 0) is 66.3 Å². The van der Waals surface area contributed by atoms with Crippen LogP contribution in [-0.4, -0.2) is 6.61 Å². The zero-order chi connectivity index (χ0) is 27.2. The van der Waals surface area contributed by atoms with Crippen molar-refractivity contribution >= 4 is 10.8 Å². The van der Waals surface area contributed by atoms with Crippen LogP contribution in [-0.2, 0) is 25.7 Å². The number of hydrogen-bond donors (Lipinski definition) is 0. The molecule has 0 fully saturated rings. The molecule has 7 heteroatoms. The second kappa shape index (κ2) is 12.4. The van der Waals surface area contributed by atoms with Crippen molar-refractivity contribution in [3.05, 3.63) is 112 Å². The number of aryl methyl sites for hydroxylation is 3. The Bertz CT molecular complexity index is 1390. The van der Waals surface area contributed by atoms with Gasteiger partial charge in [-0.2, -0.15) is 0 Å². The molecule has 0 aliphatic carbocycles. The summed E-state index contributed by atoms with van der Waals surface area (Å²) >= 11 is 0. The van der Waals surface area contributed by atoms with Crippen LogP contribution in [0.2, 0.25) is 0 Å².